The van der Waals surface area contributed by atoms with Gasteiger partial charge in [-0.3, -0.25) is 9.79 Å². The first-order chi connectivity index (χ1) is 11.3. The van der Waals surface area contributed by atoms with Crippen molar-refractivity contribution < 1.29 is 14.3 Å². The van der Waals surface area contributed by atoms with Crippen LogP contribution in [0.1, 0.15) is 46.1 Å². The molecule has 1 fully saturated rings. The van der Waals surface area contributed by atoms with Gasteiger partial charge in [0.25, 0.3) is 5.91 Å². The molecule has 24 heavy (non-hydrogen) atoms. The highest BCUT2D eigenvalue weighted by Gasteiger charge is 2.26. The largest absolute Gasteiger partial charge is 0.505 e. The molecule has 0 bridgehead atoms. The molecule has 1 saturated carbocycles. The van der Waals surface area contributed by atoms with E-state index in [1.165, 1.54) is 25.0 Å². The number of carbonyl (C=O) groups excluding carboxylic acids is 1. The second kappa shape index (κ2) is 7.60. The van der Waals surface area contributed by atoms with Gasteiger partial charge in [0.2, 0.25) is 0 Å². The van der Waals surface area contributed by atoms with Gasteiger partial charge in [0.05, 0.1) is 0 Å². The molecule has 0 heterocycles. The average molecular weight is 332 g/mol. The van der Waals surface area contributed by atoms with Crippen LogP contribution in [0.4, 0.5) is 4.39 Å². The zero-order valence-electron chi connectivity index (χ0n) is 14.8. The van der Waals surface area contributed by atoms with Crippen LogP contribution < -0.4 is 0 Å². The first-order valence-electron chi connectivity index (χ1n) is 8.34. The minimum atomic E-state index is -0.669. The Balaban J connectivity index is 2.19. The highest BCUT2D eigenvalue weighted by molar-refractivity contribution is 6.38. The molecule has 5 heteroatoms. The second-order valence-electron chi connectivity index (χ2n) is 6.36. The molecular formula is C19H25FN2O2. The van der Waals surface area contributed by atoms with E-state index in [-0.39, 0.29) is 11.7 Å². The molecule has 4 nitrogen and oxygen atoms in total. The Morgan fingerprint density at radius 2 is 2.00 bits per heavy atom. The maximum atomic E-state index is 13.5. The summed E-state index contributed by atoms with van der Waals surface area (Å²) in [4.78, 5) is 18.8. The maximum Gasteiger partial charge on any atom is 0.267 e. The number of phenolic OH excluding ortho intramolecular Hbond substituents is 1. The normalized spacial score (nSPS) is 16.0. The van der Waals surface area contributed by atoms with Crippen LogP contribution in [-0.2, 0) is 4.79 Å². The summed E-state index contributed by atoms with van der Waals surface area (Å²) in [6.07, 6.45) is 2.40. The lowest BCUT2D eigenvalue weighted by Crippen LogP contribution is -2.36. The van der Waals surface area contributed by atoms with Crippen LogP contribution in [-0.4, -0.2) is 34.7 Å². The van der Waals surface area contributed by atoms with E-state index in [1.807, 2.05) is 18.7 Å². The van der Waals surface area contributed by atoms with E-state index in [9.17, 15) is 14.3 Å². The van der Waals surface area contributed by atoms with E-state index >= 15 is 0 Å². The fourth-order valence-electron chi connectivity index (χ4n) is 2.53. The zero-order valence-corrected chi connectivity index (χ0v) is 14.8. The third-order valence-electron chi connectivity index (χ3n) is 4.41. The molecular weight excluding hydrogens is 307 g/mol. The molecule has 0 saturated heterocycles. The first kappa shape index (κ1) is 18.2. The number of allylic oxidation sites excluding steroid dienone is 2. The minimum absolute atomic E-state index is 0.0477. The van der Waals surface area contributed by atoms with Crippen molar-refractivity contribution in [3.8, 4) is 5.75 Å². The summed E-state index contributed by atoms with van der Waals surface area (Å²) < 4.78 is 13.5. The van der Waals surface area contributed by atoms with Crippen molar-refractivity contribution in [1.29, 1.82) is 0 Å². The summed E-state index contributed by atoms with van der Waals surface area (Å²) >= 11 is 0. The third kappa shape index (κ3) is 4.43. The number of nitrogens with zero attached hydrogens (tertiary/aromatic N) is 2. The average Bonchev–Trinajstić information content (AvgIpc) is 3.37. The molecule has 0 aromatic heterocycles. The Bertz CT molecular complexity index is 691. The van der Waals surface area contributed by atoms with Gasteiger partial charge < -0.3 is 10.0 Å². The predicted octanol–water partition coefficient (Wildman–Crippen LogP) is 4.00. The number of benzene rings is 1. The molecule has 2 rings (SSSR count). The summed E-state index contributed by atoms with van der Waals surface area (Å²) in [5.41, 5.74) is 2.51. The van der Waals surface area contributed by atoms with Gasteiger partial charge in [0.1, 0.15) is 5.71 Å². The van der Waals surface area contributed by atoms with Gasteiger partial charge in [-0.2, -0.15) is 0 Å². The van der Waals surface area contributed by atoms with Gasteiger partial charge in [-0.25, -0.2) is 4.39 Å². The van der Waals surface area contributed by atoms with Crippen LogP contribution in [0.25, 0.3) is 5.57 Å². The Hall–Kier alpha value is -2.17. The molecule has 1 aromatic carbocycles. The molecule has 0 aliphatic heterocycles. The van der Waals surface area contributed by atoms with Crippen molar-refractivity contribution in [2.24, 2.45) is 10.9 Å². The summed E-state index contributed by atoms with van der Waals surface area (Å²) in [6, 6.07) is 4.22. The lowest BCUT2D eigenvalue weighted by molar-refractivity contribution is -0.124. The van der Waals surface area contributed by atoms with Crippen molar-refractivity contribution in [3.05, 3.63) is 35.3 Å². The molecule has 1 aromatic rings. The van der Waals surface area contributed by atoms with Crippen molar-refractivity contribution >= 4 is 17.2 Å². The molecule has 0 spiro atoms. The molecule has 1 aliphatic carbocycles. The van der Waals surface area contributed by atoms with Gasteiger partial charge in [-0.1, -0.05) is 6.07 Å². The van der Waals surface area contributed by atoms with Crippen molar-refractivity contribution in [2.45, 2.75) is 40.5 Å². The third-order valence-corrected chi connectivity index (χ3v) is 4.41. The number of aliphatic imine (C=N–C) groups is 1. The number of carbonyl (C=O) groups is 1. The van der Waals surface area contributed by atoms with Crippen LogP contribution in [0.15, 0.2) is 28.9 Å². The summed E-state index contributed by atoms with van der Waals surface area (Å²) in [7, 11) is 0. The summed E-state index contributed by atoms with van der Waals surface area (Å²) in [5.74, 6) is -0.454. The Labute approximate surface area is 142 Å². The van der Waals surface area contributed by atoms with E-state index in [0.29, 0.717) is 29.4 Å². The number of amides is 1. The predicted molar refractivity (Wildman–Crippen MR) is 94.4 cm³/mol. The van der Waals surface area contributed by atoms with Crippen molar-refractivity contribution in [1.82, 2.24) is 4.90 Å². The van der Waals surface area contributed by atoms with Gasteiger partial charge in [-0.05, 0) is 69.7 Å². The van der Waals surface area contributed by atoms with E-state index in [1.54, 1.807) is 19.9 Å². The molecule has 1 aliphatic rings. The second-order valence-corrected chi connectivity index (χ2v) is 6.36. The lowest BCUT2D eigenvalue weighted by Gasteiger charge is -2.20. The highest BCUT2D eigenvalue weighted by atomic mass is 19.1. The number of rotatable bonds is 6. The molecule has 0 unspecified atom stereocenters. The minimum Gasteiger partial charge on any atom is -0.505 e. The van der Waals surface area contributed by atoms with Gasteiger partial charge in [0.15, 0.2) is 11.6 Å². The number of aromatic hydroxyl groups is 1. The topological polar surface area (TPSA) is 52.9 Å². The summed E-state index contributed by atoms with van der Waals surface area (Å²) in [6.45, 7) is 8.78. The van der Waals surface area contributed by atoms with Crippen LogP contribution in [0.3, 0.4) is 0 Å². The van der Waals surface area contributed by atoms with E-state index in [2.05, 4.69) is 4.99 Å². The Kier molecular flexibility index (Phi) is 5.75. The van der Waals surface area contributed by atoms with E-state index in [0.717, 1.165) is 12.1 Å². The fraction of sp³-hybridized carbons (Fsp3) is 0.474. The fourth-order valence-corrected chi connectivity index (χ4v) is 2.53. The Morgan fingerprint density at radius 3 is 2.54 bits per heavy atom. The monoisotopic (exact) mass is 332 g/mol. The van der Waals surface area contributed by atoms with Crippen molar-refractivity contribution in [2.75, 3.05) is 13.1 Å². The van der Waals surface area contributed by atoms with Crippen LogP contribution in [0, 0.1) is 11.7 Å². The van der Waals surface area contributed by atoms with Crippen molar-refractivity contribution in [3.63, 3.8) is 0 Å². The summed E-state index contributed by atoms with van der Waals surface area (Å²) in [5, 5.41) is 9.28. The smallest absolute Gasteiger partial charge is 0.267 e. The van der Waals surface area contributed by atoms with Crippen LogP contribution in [0.2, 0.25) is 0 Å². The molecule has 0 radical (unpaired) electrons. The van der Waals surface area contributed by atoms with Gasteiger partial charge in [-0.15, -0.1) is 0 Å². The highest BCUT2D eigenvalue weighted by Crippen LogP contribution is 2.30. The number of hydrogen-bond donors (Lipinski definition) is 1. The standard InChI is InChI=1S/C19H25FN2O2/c1-5-22(11-15-6-7-15)19(24)14(4)21-13(3)12(2)16-8-9-18(23)17(20)10-16/h8-10,15,23H,5-7,11H2,1-4H3/b13-12+,21-14?. The number of halogens is 1. The van der Waals surface area contributed by atoms with Crippen LogP contribution >= 0.6 is 0 Å². The zero-order chi connectivity index (χ0) is 17.9. The maximum absolute atomic E-state index is 13.5. The SMILES string of the molecule is CCN(CC1CC1)C(=O)C(C)=N/C(C)=C(\C)c1ccc(O)c(F)c1. The number of phenols is 1. The lowest BCUT2D eigenvalue weighted by atomic mass is 10.1. The van der Waals surface area contributed by atoms with E-state index in [4.69, 9.17) is 0 Å². The quantitative estimate of drug-likeness (QED) is 0.801. The molecule has 0 atom stereocenters. The Morgan fingerprint density at radius 1 is 1.33 bits per heavy atom. The van der Waals surface area contributed by atoms with E-state index < -0.39 is 5.82 Å². The molecule has 130 valence electrons. The number of hydrogen-bond acceptors (Lipinski definition) is 3. The first-order valence-corrected chi connectivity index (χ1v) is 8.34. The molecule has 1 N–H and O–H groups in total. The van der Waals surface area contributed by atoms with Gasteiger partial charge >= 0.3 is 0 Å². The van der Waals surface area contributed by atoms with Gasteiger partial charge in [0, 0.05) is 18.8 Å². The van der Waals surface area contributed by atoms with Crippen LogP contribution in [0.5, 0.6) is 5.75 Å². The molecule has 1 amide bonds.